The molecular weight excluding hydrogens is 647 g/mol. The Hall–Kier alpha value is -2.46. The van der Waals surface area contributed by atoms with Crippen molar-refractivity contribution in [3.8, 4) is 0 Å². The molecule has 20 heteroatoms. The van der Waals surface area contributed by atoms with Gasteiger partial charge < -0.3 is 40.1 Å². The molecule has 1 fully saturated rings. The van der Waals surface area contributed by atoms with Gasteiger partial charge >= 0.3 is 29.3 Å². The predicted molar refractivity (Wildman–Crippen MR) is 152 cm³/mol. The number of fused-ring (bicyclic) bond motifs is 2. The number of carbonyl (C=O) groups excluding carboxylic acids is 1. The van der Waals surface area contributed by atoms with E-state index in [0.29, 0.717) is 11.3 Å². The Morgan fingerprint density at radius 1 is 0.977 bits per heavy atom. The van der Waals surface area contributed by atoms with E-state index in [-0.39, 0.29) is 13.0 Å². The Labute approximate surface area is 250 Å². The largest absolute Gasteiger partial charge is 0.488 e. The van der Waals surface area contributed by atoms with Crippen molar-refractivity contribution in [3.05, 3.63) is 65.9 Å². The van der Waals surface area contributed by atoms with Crippen molar-refractivity contribution < 1.29 is 66.0 Å². The van der Waals surface area contributed by atoms with Gasteiger partial charge in [-0.3, -0.25) is 19.3 Å². The van der Waals surface area contributed by atoms with Gasteiger partial charge in [0, 0.05) is 17.3 Å². The molecule has 17 nitrogen and oxygen atoms in total. The molecule has 5 rings (SSSR count). The van der Waals surface area contributed by atoms with Crippen LogP contribution in [0.5, 0.6) is 0 Å². The summed E-state index contributed by atoms with van der Waals surface area (Å²) in [6.07, 6.45) is -4.94. The fraction of sp³-hybridized carbons (Fsp3) is 0.375. The molecule has 8 atom stereocenters. The second-order valence-electron chi connectivity index (χ2n) is 10.0. The minimum atomic E-state index is -5.59. The van der Waals surface area contributed by atoms with Gasteiger partial charge in [0.05, 0.1) is 12.8 Å². The van der Waals surface area contributed by atoms with Crippen LogP contribution in [0.2, 0.25) is 0 Å². The highest BCUT2D eigenvalue weighted by molar-refractivity contribution is 7.68. The summed E-state index contributed by atoms with van der Waals surface area (Å²) in [6, 6.07) is 12.7. The Morgan fingerprint density at radius 2 is 1.70 bits per heavy atom. The third-order valence-electron chi connectivity index (χ3n) is 6.75. The highest BCUT2D eigenvalue weighted by atomic mass is 31.3. The van der Waals surface area contributed by atoms with Gasteiger partial charge in [0.2, 0.25) is 6.23 Å². The first kappa shape index (κ1) is 32.9. The second kappa shape index (κ2) is 12.7. The van der Waals surface area contributed by atoms with Gasteiger partial charge in [0.1, 0.15) is 24.1 Å². The molecule has 0 bridgehead atoms. The maximum atomic E-state index is 12.9. The lowest BCUT2D eigenvalue weighted by molar-refractivity contribution is -0.0671. The first-order valence-electron chi connectivity index (χ1n) is 13.1. The Bertz CT molecular complexity index is 1640. The molecule has 0 saturated carbocycles. The van der Waals surface area contributed by atoms with E-state index in [1.54, 1.807) is 6.08 Å². The second-order valence-corrected chi connectivity index (χ2v) is 15.2. The molecule has 2 amide bonds. The number of urea groups is 1. The molecule has 5 unspecified atom stereocenters. The van der Waals surface area contributed by atoms with Crippen LogP contribution >= 0.6 is 23.2 Å². The number of benzene rings is 2. The lowest BCUT2D eigenvalue weighted by Crippen LogP contribution is -2.54. The SMILES string of the molecule is NCCCP(=O)(O)OP(=O)(O)OP(=O)(O)OC[C@H]1O[C@@H](N2C=C3C=C(c4ccc5ccccc5c4)OC3NC2=O)[C@@H](O)C1O. The highest BCUT2D eigenvalue weighted by Gasteiger charge is 2.50. The standard InChI is InChI=1S/C24H30N3O14P3/c25-8-3-9-42(31,32)40-44(35,36)41-43(33,34)37-13-19-20(28)21(29)23(39-19)27-12-17-11-18(38-22(17)26-24(27)30)16-7-6-14-4-1-2-5-15(14)10-16/h1-2,4-7,10-12,19-23,28-29H,3,8-9,13,25H2,(H,26,30)(H,31,32)(H,33,34)(H,35,36)/t19-,20?,21+,22?,23-/m1/s1. The molecule has 1 saturated heterocycles. The normalized spacial score (nSPS) is 29.1. The molecule has 0 aliphatic carbocycles. The van der Waals surface area contributed by atoms with E-state index >= 15 is 0 Å². The van der Waals surface area contributed by atoms with Crippen molar-refractivity contribution in [1.82, 2.24) is 10.2 Å². The van der Waals surface area contributed by atoms with Crippen LogP contribution in [0.3, 0.4) is 0 Å². The fourth-order valence-corrected chi connectivity index (χ4v) is 8.84. The number of hydrogen-bond donors (Lipinski definition) is 7. The number of hydrogen-bond acceptors (Lipinski definition) is 12. The molecule has 0 radical (unpaired) electrons. The summed E-state index contributed by atoms with van der Waals surface area (Å²) in [5.74, 6) is 0.481. The number of nitrogens with two attached hydrogens (primary N) is 1. The minimum absolute atomic E-state index is 0.0315. The monoisotopic (exact) mass is 677 g/mol. The summed E-state index contributed by atoms with van der Waals surface area (Å²) in [6.45, 7) is -1.01. The minimum Gasteiger partial charge on any atom is -0.466 e. The number of carbonyl (C=O) groups is 1. The third kappa shape index (κ3) is 7.49. The van der Waals surface area contributed by atoms with Gasteiger partial charge in [-0.1, -0.05) is 36.4 Å². The summed E-state index contributed by atoms with van der Waals surface area (Å²) >= 11 is 0. The number of aliphatic hydroxyl groups excluding tert-OH is 2. The first-order valence-corrected chi connectivity index (χ1v) is 17.9. The summed E-state index contributed by atoms with van der Waals surface area (Å²) < 4.78 is 60.4. The molecule has 3 aliphatic heterocycles. The number of nitrogens with one attached hydrogen (secondary N) is 1. The molecule has 44 heavy (non-hydrogen) atoms. The quantitative estimate of drug-likeness (QED) is 0.158. The van der Waals surface area contributed by atoms with E-state index in [1.807, 2.05) is 42.5 Å². The van der Waals surface area contributed by atoms with E-state index in [4.69, 9.17) is 15.2 Å². The number of amides is 2. The fourth-order valence-electron chi connectivity index (χ4n) is 4.69. The molecule has 3 heterocycles. The van der Waals surface area contributed by atoms with Gasteiger partial charge in [-0.2, -0.15) is 4.31 Å². The van der Waals surface area contributed by atoms with Crippen molar-refractivity contribution in [2.75, 3.05) is 19.3 Å². The Morgan fingerprint density at radius 3 is 2.43 bits per heavy atom. The van der Waals surface area contributed by atoms with Gasteiger partial charge in [0.25, 0.3) is 0 Å². The Balaban J connectivity index is 1.23. The molecule has 3 aliphatic rings. The van der Waals surface area contributed by atoms with Crippen LogP contribution in [-0.4, -0.2) is 85.9 Å². The Kier molecular flexibility index (Phi) is 9.53. The van der Waals surface area contributed by atoms with Crippen molar-refractivity contribution in [2.45, 2.75) is 37.2 Å². The number of rotatable bonds is 12. The van der Waals surface area contributed by atoms with Crippen LogP contribution in [0.15, 0.2) is 60.3 Å². The molecule has 0 spiro atoms. The smallest absolute Gasteiger partial charge is 0.466 e. The van der Waals surface area contributed by atoms with Gasteiger partial charge in [-0.05, 0) is 35.9 Å². The zero-order chi connectivity index (χ0) is 31.9. The maximum absolute atomic E-state index is 12.9. The lowest BCUT2D eigenvalue weighted by Gasteiger charge is -2.33. The first-order chi connectivity index (χ1) is 20.7. The van der Waals surface area contributed by atoms with E-state index in [0.717, 1.165) is 21.2 Å². The summed E-state index contributed by atoms with van der Waals surface area (Å²) in [5, 5.41) is 25.7. The molecular formula is C24H30N3O14P3. The number of aliphatic hydroxyl groups is 2. The summed E-state index contributed by atoms with van der Waals surface area (Å²) in [5.41, 5.74) is 6.47. The van der Waals surface area contributed by atoms with E-state index in [9.17, 15) is 43.4 Å². The number of nitrogens with zero attached hydrogens (tertiary/aromatic N) is 1. The van der Waals surface area contributed by atoms with Crippen LogP contribution in [0.1, 0.15) is 12.0 Å². The number of phosphoric ester groups is 1. The van der Waals surface area contributed by atoms with Crippen LogP contribution in [-0.2, 0) is 36.3 Å². The summed E-state index contributed by atoms with van der Waals surface area (Å²) in [4.78, 5) is 43.0. The number of phosphoric acid groups is 2. The molecule has 0 aromatic heterocycles. The van der Waals surface area contributed by atoms with Crippen LogP contribution in [0.4, 0.5) is 4.79 Å². The molecule has 2 aromatic carbocycles. The molecule has 2 aromatic rings. The lowest BCUT2D eigenvalue weighted by atomic mass is 10.1. The zero-order valence-corrected chi connectivity index (χ0v) is 25.4. The molecule has 8 N–H and O–H groups in total. The zero-order valence-electron chi connectivity index (χ0n) is 22.7. The van der Waals surface area contributed by atoms with E-state index < -0.39 is 72.8 Å². The predicted octanol–water partition coefficient (Wildman–Crippen LogP) is 1.68. The van der Waals surface area contributed by atoms with E-state index in [1.165, 1.54) is 6.20 Å². The number of ether oxygens (including phenoxy) is 2. The van der Waals surface area contributed by atoms with Crippen LogP contribution in [0, 0.1) is 0 Å². The van der Waals surface area contributed by atoms with Crippen molar-refractivity contribution in [1.29, 1.82) is 0 Å². The van der Waals surface area contributed by atoms with Crippen molar-refractivity contribution in [2.24, 2.45) is 5.73 Å². The average molecular weight is 677 g/mol. The van der Waals surface area contributed by atoms with Gasteiger partial charge in [-0.25, -0.2) is 18.2 Å². The van der Waals surface area contributed by atoms with Crippen molar-refractivity contribution in [3.63, 3.8) is 0 Å². The third-order valence-corrected chi connectivity index (χ3v) is 11.6. The van der Waals surface area contributed by atoms with Gasteiger partial charge in [-0.15, -0.1) is 0 Å². The van der Waals surface area contributed by atoms with Crippen molar-refractivity contribution >= 4 is 45.8 Å². The topological polar surface area (TPSA) is 257 Å². The molecule has 240 valence electrons. The summed E-state index contributed by atoms with van der Waals surface area (Å²) in [7, 11) is -15.7. The average Bonchev–Trinajstić information content (AvgIpc) is 3.48. The van der Waals surface area contributed by atoms with Gasteiger partial charge in [0.15, 0.2) is 6.23 Å². The maximum Gasteiger partial charge on any atom is 0.488 e. The highest BCUT2D eigenvalue weighted by Crippen LogP contribution is 2.67. The van der Waals surface area contributed by atoms with Crippen LogP contribution < -0.4 is 11.1 Å². The van der Waals surface area contributed by atoms with E-state index in [2.05, 4.69) is 18.5 Å². The van der Waals surface area contributed by atoms with Crippen LogP contribution in [0.25, 0.3) is 16.5 Å².